The number of rotatable bonds is 5. The van der Waals surface area contributed by atoms with Gasteiger partial charge in [-0.25, -0.2) is 9.78 Å². The van der Waals surface area contributed by atoms with Gasteiger partial charge < -0.3 is 19.0 Å². The SMILES string of the molecule is CC(=O)C(c1c[nH]c2ncccc12)C1C(O[Si](C)(C)C(C)(C)C)CCN1C(=O)OC(C)(C)C. The summed E-state index contributed by atoms with van der Waals surface area (Å²) < 4.78 is 12.6. The number of aromatic nitrogens is 2. The molecule has 2 aromatic rings. The first-order valence-corrected chi connectivity index (χ1v) is 14.6. The summed E-state index contributed by atoms with van der Waals surface area (Å²) in [6.45, 7) is 18.7. The Kier molecular flexibility index (Phi) is 6.84. The third-order valence-electron chi connectivity index (χ3n) is 6.87. The minimum atomic E-state index is -2.15. The molecule has 3 rings (SSSR count). The van der Waals surface area contributed by atoms with Gasteiger partial charge in [0, 0.05) is 24.3 Å². The van der Waals surface area contributed by atoms with Gasteiger partial charge in [0.25, 0.3) is 0 Å². The Balaban J connectivity index is 2.08. The summed E-state index contributed by atoms with van der Waals surface area (Å²) in [5.74, 6) is -0.559. The van der Waals surface area contributed by atoms with E-state index in [1.807, 2.05) is 39.1 Å². The van der Waals surface area contributed by atoms with Crippen LogP contribution in [-0.4, -0.2) is 59.4 Å². The van der Waals surface area contributed by atoms with Crippen LogP contribution in [0.2, 0.25) is 18.1 Å². The van der Waals surface area contributed by atoms with Gasteiger partial charge in [-0.15, -0.1) is 0 Å². The number of amides is 1. The number of aromatic amines is 1. The summed E-state index contributed by atoms with van der Waals surface area (Å²) >= 11 is 0. The summed E-state index contributed by atoms with van der Waals surface area (Å²) in [7, 11) is -2.15. The maximum absolute atomic E-state index is 13.3. The van der Waals surface area contributed by atoms with E-state index in [1.54, 1.807) is 18.0 Å². The zero-order valence-electron chi connectivity index (χ0n) is 21.5. The summed E-state index contributed by atoms with van der Waals surface area (Å²) in [6, 6.07) is 3.37. The van der Waals surface area contributed by atoms with Crippen LogP contribution in [-0.2, 0) is 14.0 Å². The van der Waals surface area contributed by atoms with Crippen LogP contribution in [0.4, 0.5) is 4.79 Å². The minimum absolute atomic E-state index is 0.00725. The van der Waals surface area contributed by atoms with Crippen molar-refractivity contribution < 1.29 is 18.8 Å². The lowest BCUT2D eigenvalue weighted by Gasteiger charge is -2.42. The Hall–Kier alpha value is -2.19. The summed E-state index contributed by atoms with van der Waals surface area (Å²) in [4.78, 5) is 35.7. The second-order valence-corrected chi connectivity index (χ2v) is 16.4. The van der Waals surface area contributed by atoms with Gasteiger partial charge in [0.2, 0.25) is 0 Å². The van der Waals surface area contributed by atoms with Crippen molar-refractivity contribution >= 4 is 31.2 Å². The highest BCUT2D eigenvalue weighted by atomic mass is 28.4. The van der Waals surface area contributed by atoms with E-state index in [4.69, 9.17) is 9.16 Å². The van der Waals surface area contributed by atoms with Crippen LogP contribution in [0.3, 0.4) is 0 Å². The number of hydrogen-bond donors (Lipinski definition) is 1. The maximum atomic E-state index is 13.3. The fourth-order valence-electron chi connectivity index (χ4n) is 4.28. The number of hydrogen-bond acceptors (Lipinski definition) is 5. The second-order valence-electron chi connectivity index (χ2n) is 11.6. The first-order chi connectivity index (χ1) is 15.1. The average molecular weight is 474 g/mol. The van der Waals surface area contributed by atoms with Gasteiger partial charge in [-0.2, -0.15) is 0 Å². The molecule has 3 atom stereocenters. The van der Waals surface area contributed by atoms with Crippen LogP contribution in [0.25, 0.3) is 11.0 Å². The lowest BCUT2D eigenvalue weighted by Crippen LogP contribution is -2.52. The van der Waals surface area contributed by atoms with Crippen molar-refractivity contribution in [2.45, 2.75) is 96.7 Å². The van der Waals surface area contributed by atoms with Gasteiger partial charge in [0.15, 0.2) is 8.32 Å². The summed E-state index contributed by atoms with van der Waals surface area (Å²) in [5, 5.41) is 0.896. The maximum Gasteiger partial charge on any atom is 0.410 e. The third kappa shape index (κ3) is 5.32. The van der Waals surface area contributed by atoms with Crippen molar-refractivity contribution in [3.63, 3.8) is 0 Å². The van der Waals surface area contributed by atoms with Crippen LogP contribution in [0, 0.1) is 0 Å². The largest absolute Gasteiger partial charge is 0.444 e. The number of nitrogens with one attached hydrogen (secondary N) is 1. The first-order valence-electron chi connectivity index (χ1n) is 11.7. The topological polar surface area (TPSA) is 84.5 Å². The monoisotopic (exact) mass is 473 g/mol. The zero-order valence-corrected chi connectivity index (χ0v) is 22.5. The number of H-pyrrole nitrogens is 1. The molecule has 0 spiro atoms. The number of carbonyl (C=O) groups excluding carboxylic acids is 2. The van der Waals surface area contributed by atoms with Crippen LogP contribution >= 0.6 is 0 Å². The Labute approximate surface area is 198 Å². The molecular weight excluding hydrogens is 434 g/mol. The van der Waals surface area contributed by atoms with Crippen molar-refractivity contribution in [1.29, 1.82) is 0 Å². The predicted molar refractivity (Wildman–Crippen MR) is 133 cm³/mol. The van der Waals surface area contributed by atoms with Crippen molar-refractivity contribution in [2.24, 2.45) is 0 Å². The minimum Gasteiger partial charge on any atom is -0.444 e. The average Bonchev–Trinajstić information content (AvgIpc) is 3.25. The molecule has 1 fully saturated rings. The van der Waals surface area contributed by atoms with Gasteiger partial charge >= 0.3 is 6.09 Å². The number of likely N-dealkylation sites (tertiary alicyclic amines) is 1. The molecular formula is C25H39N3O4Si. The molecule has 0 bridgehead atoms. The molecule has 1 aliphatic heterocycles. The van der Waals surface area contributed by atoms with Crippen molar-refractivity contribution in [1.82, 2.24) is 14.9 Å². The van der Waals surface area contributed by atoms with Gasteiger partial charge in [-0.1, -0.05) is 20.8 Å². The summed E-state index contributed by atoms with van der Waals surface area (Å²) in [6.07, 6.45) is 3.57. The van der Waals surface area contributed by atoms with Gasteiger partial charge in [-0.05, 0) is 69.9 Å². The number of Topliss-reactive ketones (excluding diaryl/α,β-unsaturated/α-hetero) is 1. The van der Waals surface area contributed by atoms with E-state index in [0.717, 1.165) is 16.6 Å². The molecule has 0 aliphatic carbocycles. The Morgan fingerprint density at radius 1 is 1.21 bits per heavy atom. The third-order valence-corrected chi connectivity index (χ3v) is 11.4. The molecule has 1 aliphatic rings. The number of nitrogens with zero attached hydrogens (tertiary/aromatic N) is 2. The number of pyridine rings is 1. The summed E-state index contributed by atoms with van der Waals surface area (Å²) in [5.41, 5.74) is 0.938. The number of fused-ring (bicyclic) bond motifs is 1. The van der Waals surface area contributed by atoms with E-state index < -0.39 is 32.0 Å². The van der Waals surface area contributed by atoms with E-state index in [1.165, 1.54) is 0 Å². The highest BCUT2D eigenvalue weighted by molar-refractivity contribution is 6.74. The predicted octanol–water partition coefficient (Wildman–Crippen LogP) is 5.64. The molecule has 0 aromatic carbocycles. The normalized spacial score (nSPS) is 20.8. The lowest BCUT2D eigenvalue weighted by atomic mass is 9.85. The van der Waals surface area contributed by atoms with E-state index in [0.29, 0.717) is 13.0 Å². The number of ether oxygens (including phenoxy) is 1. The van der Waals surface area contributed by atoms with Crippen LogP contribution < -0.4 is 0 Å². The second kappa shape index (κ2) is 8.87. The Morgan fingerprint density at radius 3 is 2.45 bits per heavy atom. The zero-order chi connectivity index (χ0) is 24.8. The van der Waals surface area contributed by atoms with E-state index in [9.17, 15) is 9.59 Å². The van der Waals surface area contributed by atoms with E-state index in [2.05, 4.69) is 43.8 Å². The Morgan fingerprint density at radius 2 is 1.88 bits per heavy atom. The Bertz CT molecular complexity index is 1020. The molecule has 3 unspecified atom stereocenters. The molecule has 2 aromatic heterocycles. The van der Waals surface area contributed by atoms with E-state index >= 15 is 0 Å². The first kappa shape index (κ1) is 25.4. The molecule has 182 valence electrons. The molecule has 8 heteroatoms. The van der Waals surface area contributed by atoms with Gasteiger partial charge in [0.1, 0.15) is 17.0 Å². The highest BCUT2D eigenvalue weighted by Gasteiger charge is 2.50. The van der Waals surface area contributed by atoms with Crippen LogP contribution in [0.1, 0.15) is 66.4 Å². The van der Waals surface area contributed by atoms with Crippen molar-refractivity contribution in [3.05, 3.63) is 30.1 Å². The molecule has 7 nitrogen and oxygen atoms in total. The van der Waals surface area contributed by atoms with Crippen LogP contribution in [0.5, 0.6) is 0 Å². The van der Waals surface area contributed by atoms with Gasteiger partial charge in [0.05, 0.1) is 18.1 Å². The molecule has 3 heterocycles. The quantitative estimate of drug-likeness (QED) is 0.569. The molecule has 1 saturated heterocycles. The standard InChI is InChI=1S/C25H39N3O4Si/c1-16(29)20(18-15-27-22-17(18)11-10-13-26-22)21-19(32-33(8,9)25(5,6)7)12-14-28(21)23(30)31-24(2,3)4/h10-11,13,15,19-21H,12,14H2,1-9H3,(H,26,27). The molecule has 1 N–H and O–H groups in total. The fraction of sp³-hybridized carbons (Fsp3) is 0.640. The molecule has 1 amide bonds. The van der Waals surface area contributed by atoms with Crippen molar-refractivity contribution in [3.8, 4) is 0 Å². The smallest absolute Gasteiger partial charge is 0.410 e. The number of ketones is 1. The molecule has 33 heavy (non-hydrogen) atoms. The molecule has 0 radical (unpaired) electrons. The van der Waals surface area contributed by atoms with Gasteiger partial charge in [-0.3, -0.25) is 4.79 Å². The lowest BCUT2D eigenvalue weighted by molar-refractivity contribution is -0.120. The van der Waals surface area contributed by atoms with Crippen LogP contribution in [0.15, 0.2) is 24.5 Å². The number of carbonyl (C=O) groups is 2. The van der Waals surface area contributed by atoms with E-state index in [-0.39, 0.29) is 16.9 Å². The fourth-order valence-corrected chi connectivity index (χ4v) is 5.64. The highest BCUT2D eigenvalue weighted by Crippen LogP contribution is 2.43. The molecule has 0 saturated carbocycles. The van der Waals surface area contributed by atoms with Crippen molar-refractivity contribution in [2.75, 3.05) is 6.54 Å².